The maximum absolute atomic E-state index is 12.5. The first-order chi connectivity index (χ1) is 19.7. The SMILES string of the molecule is CC(C)Sc1cccc(COCCOc2ccc(CCN3C[C@@H](c4ccc5c(c4)COC(C)(C)O5)OC3=O)cc2)c1. The summed E-state index contributed by atoms with van der Waals surface area (Å²) in [7, 11) is 0. The van der Waals surface area contributed by atoms with Crippen molar-refractivity contribution in [2.24, 2.45) is 0 Å². The Morgan fingerprint density at radius 3 is 2.66 bits per heavy atom. The van der Waals surface area contributed by atoms with Crippen LogP contribution in [0, 0.1) is 0 Å². The van der Waals surface area contributed by atoms with Crippen LogP contribution in [0.25, 0.3) is 0 Å². The molecule has 3 aromatic rings. The number of thioether (sulfide) groups is 1. The minimum atomic E-state index is -0.635. The summed E-state index contributed by atoms with van der Waals surface area (Å²) in [5.41, 5.74) is 4.23. The summed E-state index contributed by atoms with van der Waals surface area (Å²) in [5.74, 6) is 0.981. The van der Waals surface area contributed by atoms with E-state index in [1.54, 1.807) is 4.90 Å². The molecule has 1 fully saturated rings. The van der Waals surface area contributed by atoms with Gasteiger partial charge in [-0.2, -0.15) is 0 Å². The molecule has 1 amide bonds. The van der Waals surface area contributed by atoms with Crippen molar-refractivity contribution in [2.75, 3.05) is 26.3 Å². The Morgan fingerprint density at radius 1 is 1.02 bits per heavy atom. The Morgan fingerprint density at radius 2 is 1.85 bits per heavy atom. The third-order valence-corrected chi connectivity index (χ3v) is 7.90. The van der Waals surface area contributed by atoms with Gasteiger partial charge in [-0.05, 0) is 59.5 Å². The highest BCUT2D eigenvalue weighted by Crippen LogP contribution is 2.35. The van der Waals surface area contributed by atoms with Crippen LogP contribution >= 0.6 is 11.8 Å². The van der Waals surface area contributed by atoms with Crippen molar-refractivity contribution < 1.29 is 28.5 Å². The predicted molar refractivity (Wildman–Crippen MR) is 159 cm³/mol. The smallest absolute Gasteiger partial charge is 0.410 e. The number of benzene rings is 3. The number of carbonyl (C=O) groups is 1. The van der Waals surface area contributed by atoms with Crippen molar-refractivity contribution in [1.82, 2.24) is 4.90 Å². The molecule has 1 atom stereocenters. The molecule has 2 aliphatic heterocycles. The summed E-state index contributed by atoms with van der Waals surface area (Å²) in [6.07, 6.45) is 0.149. The quantitative estimate of drug-likeness (QED) is 0.167. The molecule has 0 radical (unpaired) electrons. The van der Waals surface area contributed by atoms with Crippen molar-refractivity contribution in [1.29, 1.82) is 0 Å². The van der Waals surface area contributed by atoms with E-state index < -0.39 is 5.79 Å². The van der Waals surface area contributed by atoms with Gasteiger partial charge >= 0.3 is 6.09 Å². The topological polar surface area (TPSA) is 66.5 Å². The zero-order valence-corrected chi connectivity index (χ0v) is 25.1. The first kappa shape index (κ1) is 29.3. The lowest BCUT2D eigenvalue weighted by Gasteiger charge is -2.32. The molecule has 0 aliphatic carbocycles. The summed E-state index contributed by atoms with van der Waals surface area (Å²) in [5, 5.41) is 0.556. The van der Waals surface area contributed by atoms with E-state index in [0.29, 0.717) is 44.8 Å². The Labute approximate surface area is 247 Å². The lowest BCUT2D eigenvalue weighted by molar-refractivity contribution is -0.180. The number of nitrogens with zero attached hydrogens (tertiary/aromatic N) is 1. The molecule has 7 nitrogen and oxygen atoms in total. The number of fused-ring (bicyclic) bond motifs is 1. The second-order valence-corrected chi connectivity index (χ2v) is 12.7. The maximum Gasteiger partial charge on any atom is 0.410 e. The number of hydrogen-bond acceptors (Lipinski definition) is 7. The second-order valence-electron chi connectivity index (χ2n) is 11.1. The van der Waals surface area contributed by atoms with Crippen LogP contribution in [-0.2, 0) is 33.8 Å². The van der Waals surface area contributed by atoms with Crippen LogP contribution in [0.15, 0.2) is 71.6 Å². The summed E-state index contributed by atoms with van der Waals surface area (Å²) in [4.78, 5) is 15.6. The van der Waals surface area contributed by atoms with Crippen LogP contribution in [0.3, 0.4) is 0 Å². The lowest BCUT2D eigenvalue weighted by Crippen LogP contribution is -2.35. The number of ether oxygens (including phenoxy) is 5. The summed E-state index contributed by atoms with van der Waals surface area (Å²) in [6.45, 7) is 11.3. The monoisotopic (exact) mass is 577 g/mol. The molecular formula is C33H39NO6S. The zero-order valence-electron chi connectivity index (χ0n) is 24.3. The predicted octanol–water partition coefficient (Wildman–Crippen LogP) is 7.16. The molecule has 0 spiro atoms. The van der Waals surface area contributed by atoms with E-state index in [1.165, 1.54) is 10.5 Å². The van der Waals surface area contributed by atoms with Gasteiger partial charge in [-0.15, -0.1) is 11.8 Å². The van der Waals surface area contributed by atoms with E-state index in [0.717, 1.165) is 34.6 Å². The third kappa shape index (κ3) is 8.18. The standard InChI is InChI=1S/C33H39NO6S/c1-23(2)41-29-7-5-6-25(18-29)21-36-16-17-37-28-11-8-24(9-12-28)14-15-34-20-31(39-32(34)35)26-10-13-30-27(19-26)22-38-33(3,4)40-30/h5-13,18-19,23,31H,14-17,20-22H2,1-4H3/t31-/m0/s1. The molecule has 0 bridgehead atoms. The molecule has 2 heterocycles. The third-order valence-electron chi connectivity index (χ3n) is 6.90. The average Bonchev–Trinajstić information content (AvgIpc) is 3.31. The van der Waals surface area contributed by atoms with Gasteiger partial charge in [0.25, 0.3) is 0 Å². The van der Waals surface area contributed by atoms with E-state index in [-0.39, 0.29) is 12.2 Å². The van der Waals surface area contributed by atoms with Gasteiger partial charge in [-0.25, -0.2) is 4.79 Å². The van der Waals surface area contributed by atoms with Crippen LogP contribution in [0.2, 0.25) is 0 Å². The summed E-state index contributed by atoms with van der Waals surface area (Å²) < 4.78 is 29.0. The number of amides is 1. The molecule has 1 saturated heterocycles. The minimum absolute atomic E-state index is 0.285. The van der Waals surface area contributed by atoms with Crippen molar-refractivity contribution >= 4 is 17.9 Å². The van der Waals surface area contributed by atoms with Gasteiger partial charge in [-0.1, -0.05) is 44.2 Å². The summed E-state index contributed by atoms with van der Waals surface area (Å²) in [6, 6.07) is 22.4. The lowest BCUT2D eigenvalue weighted by atomic mass is 10.0. The first-order valence-electron chi connectivity index (χ1n) is 14.2. The van der Waals surface area contributed by atoms with Crippen molar-refractivity contribution in [3.05, 3.63) is 89.0 Å². The van der Waals surface area contributed by atoms with Gasteiger partial charge in [0.15, 0.2) is 0 Å². The van der Waals surface area contributed by atoms with Crippen LogP contribution in [0.5, 0.6) is 11.5 Å². The van der Waals surface area contributed by atoms with Gasteiger partial charge in [0.1, 0.15) is 24.2 Å². The highest BCUT2D eigenvalue weighted by atomic mass is 32.2. The fourth-order valence-corrected chi connectivity index (χ4v) is 5.75. The highest BCUT2D eigenvalue weighted by Gasteiger charge is 2.33. The van der Waals surface area contributed by atoms with Crippen LogP contribution in [-0.4, -0.2) is 48.3 Å². The fourth-order valence-electron chi connectivity index (χ4n) is 4.83. The first-order valence-corrected chi connectivity index (χ1v) is 15.1. The largest absolute Gasteiger partial charge is 0.491 e. The van der Waals surface area contributed by atoms with E-state index in [1.807, 2.05) is 68.1 Å². The number of cyclic esters (lactones) is 1. The molecule has 218 valence electrons. The van der Waals surface area contributed by atoms with Crippen LogP contribution in [0.4, 0.5) is 4.79 Å². The fraction of sp³-hybridized carbons (Fsp3) is 0.424. The van der Waals surface area contributed by atoms with Gasteiger partial charge in [0.05, 0.1) is 26.4 Å². The molecule has 5 rings (SSSR count). The molecule has 3 aromatic carbocycles. The van der Waals surface area contributed by atoms with E-state index in [9.17, 15) is 4.79 Å². The molecule has 0 saturated carbocycles. The summed E-state index contributed by atoms with van der Waals surface area (Å²) >= 11 is 1.85. The van der Waals surface area contributed by atoms with Crippen LogP contribution < -0.4 is 9.47 Å². The Kier molecular flexibility index (Phi) is 9.42. The maximum atomic E-state index is 12.5. The number of carbonyl (C=O) groups excluding carboxylic acids is 1. The van der Waals surface area contributed by atoms with Crippen molar-refractivity contribution in [2.45, 2.75) is 69.4 Å². The van der Waals surface area contributed by atoms with Gasteiger partial charge in [0, 0.05) is 36.1 Å². The molecule has 8 heteroatoms. The molecule has 0 N–H and O–H groups in total. The van der Waals surface area contributed by atoms with Crippen molar-refractivity contribution in [3.8, 4) is 11.5 Å². The second kappa shape index (κ2) is 13.2. The molecular weight excluding hydrogens is 538 g/mol. The van der Waals surface area contributed by atoms with E-state index in [4.69, 9.17) is 23.7 Å². The Balaban J connectivity index is 1.03. The van der Waals surface area contributed by atoms with Crippen molar-refractivity contribution in [3.63, 3.8) is 0 Å². The number of rotatable bonds is 12. The highest BCUT2D eigenvalue weighted by molar-refractivity contribution is 7.99. The minimum Gasteiger partial charge on any atom is -0.491 e. The van der Waals surface area contributed by atoms with Gasteiger partial charge in [-0.3, -0.25) is 0 Å². The molecule has 2 aliphatic rings. The normalized spacial score (nSPS) is 17.7. The van der Waals surface area contributed by atoms with E-state index >= 15 is 0 Å². The average molecular weight is 578 g/mol. The Hall–Kier alpha value is -3.20. The molecule has 0 aromatic heterocycles. The number of hydrogen-bond donors (Lipinski definition) is 0. The van der Waals surface area contributed by atoms with Gasteiger partial charge < -0.3 is 28.6 Å². The molecule has 0 unspecified atom stereocenters. The van der Waals surface area contributed by atoms with Crippen LogP contribution in [0.1, 0.15) is 56.1 Å². The molecule has 41 heavy (non-hydrogen) atoms. The van der Waals surface area contributed by atoms with Gasteiger partial charge in [0.2, 0.25) is 5.79 Å². The Bertz CT molecular complexity index is 1330. The van der Waals surface area contributed by atoms with E-state index in [2.05, 4.69) is 38.1 Å². The zero-order chi connectivity index (χ0) is 28.8.